The van der Waals surface area contributed by atoms with Gasteiger partial charge in [-0.15, -0.1) is 0 Å². The molecule has 0 N–H and O–H groups in total. The van der Waals surface area contributed by atoms with Crippen LogP contribution in [0.4, 0.5) is 5.82 Å². The Hall–Kier alpha value is -2.22. The van der Waals surface area contributed by atoms with Crippen molar-refractivity contribution in [2.75, 3.05) is 31.1 Å². The number of aromatic nitrogens is 3. The minimum atomic E-state index is -0.240. The number of hydrogen-bond acceptors (Lipinski definition) is 5. The van der Waals surface area contributed by atoms with Crippen LogP contribution in [0.15, 0.2) is 39.7 Å². The molecule has 0 spiro atoms. The molecule has 2 unspecified atom stereocenters. The molecule has 0 bridgehead atoms. The molecule has 0 radical (unpaired) electrons. The molecule has 0 aliphatic carbocycles. The van der Waals surface area contributed by atoms with Crippen LogP contribution in [0.3, 0.4) is 0 Å². The maximum Gasteiger partial charge on any atom is 0.267 e. The van der Waals surface area contributed by atoms with E-state index in [4.69, 9.17) is 0 Å². The van der Waals surface area contributed by atoms with E-state index in [1.807, 2.05) is 30.2 Å². The maximum atomic E-state index is 12.6. The predicted octanol–water partition coefficient (Wildman–Crippen LogP) is 1.30. The second-order valence-electron chi connectivity index (χ2n) is 7.03. The van der Waals surface area contributed by atoms with Gasteiger partial charge >= 0.3 is 0 Å². The molecule has 4 rings (SSSR count). The number of likely N-dealkylation sites (tertiary alicyclic amines) is 1. The van der Waals surface area contributed by atoms with E-state index >= 15 is 0 Å². The van der Waals surface area contributed by atoms with Crippen molar-refractivity contribution in [1.82, 2.24) is 19.7 Å². The lowest BCUT2D eigenvalue weighted by Crippen LogP contribution is -2.38. The lowest BCUT2D eigenvalue weighted by molar-refractivity contribution is -0.131. The Bertz CT molecular complexity index is 868. The van der Waals surface area contributed by atoms with Crippen LogP contribution in [0, 0.1) is 18.8 Å². The third kappa shape index (κ3) is 3.38. The third-order valence-corrected chi connectivity index (χ3v) is 5.63. The first-order chi connectivity index (χ1) is 12.5. The second kappa shape index (κ2) is 6.83. The molecule has 0 aromatic carbocycles. The molecule has 1 amide bonds. The Morgan fingerprint density at radius 1 is 1.15 bits per heavy atom. The van der Waals surface area contributed by atoms with Crippen LogP contribution >= 0.6 is 15.9 Å². The van der Waals surface area contributed by atoms with Gasteiger partial charge in [-0.1, -0.05) is 0 Å². The Morgan fingerprint density at radius 3 is 2.54 bits per heavy atom. The molecule has 8 heteroatoms. The van der Waals surface area contributed by atoms with E-state index in [-0.39, 0.29) is 18.0 Å². The summed E-state index contributed by atoms with van der Waals surface area (Å²) in [6.07, 6.45) is 1.81. The summed E-state index contributed by atoms with van der Waals surface area (Å²) in [5.41, 5.74) is 0.490. The number of halogens is 1. The van der Waals surface area contributed by atoms with E-state index in [1.165, 1.54) is 10.7 Å². The van der Waals surface area contributed by atoms with Gasteiger partial charge in [0.2, 0.25) is 5.91 Å². The SMILES string of the molecule is Cc1ccc(=O)n(CC(=O)N2CC3CN(c4ccc(Br)cn4)CC3C2)n1. The van der Waals surface area contributed by atoms with Crippen molar-refractivity contribution in [1.29, 1.82) is 0 Å². The van der Waals surface area contributed by atoms with Gasteiger partial charge in [-0.2, -0.15) is 5.10 Å². The molecule has 26 heavy (non-hydrogen) atoms. The zero-order valence-corrected chi connectivity index (χ0v) is 16.1. The molecule has 4 heterocycles. The lowest BCUT2D eigenvalue weighted by atomic mass is 10.0. The van der Waals surface area contributed by atoms with Gasteiger partial charge in [-0.25, -0.2) is 9.67 Å². The van der Waals surface area contributed by atoms with Crippen molar-refractivity contribution in [3.05, 3.63) is 51.0 Å². The topological polar surface area (TPSA) is 71.3 Å². The quantitative estimate of drug-likeness (QED) is 0.752. The standard InChI is InChI=1S/C18H20BrN5O2/c1-12-2-5-17(25)24(21-12)11-18(26)23-9-13-7-22(8-14(13)10-23)16-4-3-15(19)6-20-16/h2-6,13-14H,7-11H2,1H3. The summed E-state index contributed by atoms with van der Waals surface area (Å²) >= 11 is 3.41. The molecule has 2 fully saturated rings. The summed E-state index contributed by atoms with van der Waals surface area (Å²) in [6.45, 7) is 5.11. The van der Waals surface area contributed by atoms with E-state index < -0.39 is 0 Å². The van der Waals surface area contributed by atoms with Gasteiger partial charge in [0.25, 0.3) is 5.56 Å². The van der Waals surface area contributed by atoms with Gasteiger partial charge in [0, 0.05) is 54.8 Å². The summed E-state index contributed by atoms with van der Waals surface area (Å²) in [6, 6.07) is 7.13. The molecule has 2 saturated heterocycles. The zero-order valence-electron chi connectivity index (χ0n) is 14.5. The molecule has 2 aliphatic rings. The van der Waals surface area contributed by atoms with E-state index in [1.54, 1.807) is 6.07 Å². The molecule has 136 valence electrons. The number of hydrogen-bond donors (Lipinski definition) is 0. The largest absolute Gasteiger partial charge is 0.356 e. The fraction of sp³-hybridized carbons (Fsp3) is 0.444. The van der Waals surface area contributed by atoms with E-state index in [0.717, 1.165) is 42.2 Å². The number of nitrogens with zero attached hydrogens (tertiary/aromatic N) is 5. The minimum Gasteiger partial charge on any atom is -0.356 e. The van der Waals surface area contributed by atoms with Crippen LogP contribution in [0.2, 0.25) is 0 Å². The highest BCUT2D eigenvalue weighted by Gasteiger charge is 2.41. The molecule has 2 aromatic rings. The van der Waals surface area contributed by atoms with E-state index in [9.17, 15) is 9.59 Å². The van der Waals surface area contributed by atoms with Gasteiger partial charge in [-0.3, -0.25) is 9.59 Å². The Balaban J connectivity index is 1.38. The van der Waals surface area contributed by atoms with Crippen LogP contribution in [0.5, 0.6) is 0 Å². The Morgan fingerprint density at radius 2 is 1.88 bits per heavy atom. The highest BCUT2D eigenvalue weighted by atomic mass is 79.9. The minimum absolute atomic E-state index is 0.0118. The number of carbonyl (C=O) groups excluding carboxylic acids is 1. The molecular formula is C18H20BrN5O2. The van der Waals surface area contributed by atoms with E-state index in [2.05, 4.69) is 30.9 Å². The number of anilines is 1. The van der Waals surface area contributed by atoms with Crippen molar-refractivity contribution in [2.45, 2.75) is 13.5 Å². The lowest BCUT2D eigenvalue weighted by Gasteiger charge is -2.22. The number of carbonyl (C=O) groups is 1. The van der Waals surface area contributed by atoms with Crippen LogP contribution in [0.1, 0.15) is 5.69 Å². The van der Waals surface area contributed by atoms with Gasteiger partial charge < -0.3 is 9.80 Å². The number of fused-ring (bicyclic) bond motifs is 1. The van der Waals surface area contributed by atoms with Crippen LogP contribution in [0.25, 0.3) is 0 Å². The number of pyridine rings is 1. The molecule has 2 atom stereocenters. The number of rotatable bonds is 3. The summed E-state index contributed by atoms with van der Waals surface area (Å²) in [5, 5.41) is 4.15. The first-order valence-corrected chi connectivity index (χ1v) is 9.48. The second-order valence-corrected chi connectivity index (χ2v) is 7.94. The predicted molar refractivity (Wildman–Crippen MR) is 101 cm³/mol. The molecule has 7 nitrogen and oxygen atoms in total. The van der Waals surface area contributed by atoms with Gasteiger partial charge in [0.05, 0.1) is 5.69 Å². The first-order valence-electron chi connectivity index (χ1n) is 8.68. The zero-order chi connectivity index (χ0) is 18.3. The van der Waals surface area contributed by atoms with Crippen LogP contribution in [-0.2, 0) is 11.3 Å². The summed E-state index contributed by atoms with van der Waals surface area (Å²) in [5.74, 6) is 1.85. The van der Waals surface area contributed by atoms with Crippen LogP contribution < -0.4 is 10.5 Å². The summed E-state index contributed by atoms with van der Waals surface area (Å²) in [4.78, 5) is 33.1. The molecule has 0 saturated carbocycles. The van der Waals surface area contributed by atoms with Crippen LogP contribution in [-0.4, -0.2) is 51.8 Å². The van der Waals surface area contributed by atoms with Gasteiger partial charge in [-0.05, 0) is 41.1 Å². The fourth-order valence-corrected chi connectivity index (χ4v) is 4.07. The summed E-state index contributed by atoms with van der Waals surface area (Å²) < 4.78 is 2.22. The van der Waals surface area contributed by atoms with Crippen molar-refractivity contribution in [3.63, 3.8) is 0 Å². The smallest absolute Gasteiger partial charge is 0.267 e. The molecule has 2 aliphatic heterocycles. The van der Waals surface area contributed by atoms with Crippen molar-refractivity contribution < 1.29 is 4.79 Å². The van der Waals surface area contributed by atoms with Crippen molar-refractivity contribution >= 4 is 27.7 Å². The van der Waals surface area contributed by atoms with Gasteiger partial charge in [0.1, 0.15) is 12.4 Å². The van der Waals surface area contributed by atoms with Crippen molar-refractivity contribution in [2.24, 2.45) is 11.8 Å². The fourth-order valence-electron chi connectivity index (χ4n) is 3.83. The average Bonchev–Trinajstić information content (AvgIpc) is 3.18. The average molecular weight is 418 g/mol. The van der Waals surface area contributed by atoms with Crippen molar-refractivity contribution in [3.8, 4) is 0 Å². The normalized spacial score (nSPS) is 21.9. The Kier molecular flexibility index (Phi) is 4.52. The molecular weight excluding hydrogens is 398 g/mol. The Labute approximate surface area is 159 Å². The third-order valence-electron chi connectivity index (χ3n) is 5.16. The van der Waals surface area contributed by atoms with E-state index in [0.29, 0.717) is 11.8 Å². The summed E-state index contributed by atoms with van der Waals surface area (Å²) in [7, 11) is 0. The monoisotopic (exact) mass is 417 g/mol. The number of aryl methyl sites for hydroxylation is 1. The highest BCUT2D eigenvalue weighted by Crippen LogP contribution is 2.33. The van der Waals surface area contributed by atoms with Gasteiger partial charge in [0.15, 0.2) is 0 Å². The number of amides is 1. The maximum absolute atomic E-state index is 12.6. The first kappa shape index (κ1) is 17.2. The molecule has 2 aromatic heterocycles. The highest BCUT2D eigenvalue weighted by molar-refractivity contribution is 9.10.